The van der Waals surface area contributed by atoms with E-state index in [1.807, 2.05) is 7.05 Å². The highest BCUT2D eigenvalue weighted by molar-refractivity contribution is 5.86. The van der Waals surface area contributed by atoms with E-state index in [1.165, 1.54) is 12.8 Å². The Kier molecular flexibility index (Phi) is 5.89. The lowest BCUT2D eigenvalue weighted by Gasteiger charge is -2.28. The van der Waals surface area contributed by atoms with Crippen molar-refractivity contribution in [2.24, 2.45) is 11.7 Å². The second-order valence-corrected chi connectivity index (χ2v) is 5.61. The summed E-state index contributed by atoms with van der Waals surface area (Å²) in [6, 6.07) is 0. The number of likely N-dealkylation sites (N-methyl/N-ethyl adjacent to an activating group) is 1. The van der Waals surface area contributed by atoms with Crippen molar-refractivity contribution < 1.29 is 9.53 Å². The zero-order valence-electron chi connectivity index (χ0n) is 11.2. The van der Waals surface area contributed by atoms with Gasteiger partial charge in [-0.05, 0) is 31.6 Å². The van der Waals surface area contributed by atoms with E-state index in [9.17, 15) is 4.79 Å². The number of carbonyl (C=O) groups excluding carboxylic acids is 1. The molecule has 2 aliphatic rings. The fourth-order valence-corrected chi connectivity index (χ4v) is 2.44. The molecule has 0 atom stereocenters. The van der Waals surface area contributed by atoms with Gasteiger partial charge in [-0.25, -0.2) is 0 Å². The average Bonchev–Trinajstić information content (AvgIpc) is 3.04. The standard InChI is InChI=1S/C13H24N2O2.ClH/c1-15(8-9-17-10-11-4-5-11)12(16)13(14)6-2-3-7-13;/h11H,2-10,14H2,1H3;1H. The van der Waals surface area contributed by atoms with Gasteiger partial charge in [0.2, 0.25) is 5.91 Å². The molecule has 2 N–H and O–H groups in total. The van der Waals surface area contributed by atoms with Gasteiger partial charge in [0.05, 0.1) is 12.1 Å². The van der Waals surface area contributed by atoms with E-state index in [-0.39, 0.29) is 18.3 Å². The first-order valence-corrected chi connectivity index (χ1v) is 6.74. The molecule has 0 aromatic heterocycles. The van der Waals surface area contributed by atoms with E-state index in [4.69, 9.17) is 10.5 Å². The monoisotopic (exact) mass is 276 g/mol. The molecule has 0 saturated heterocycles. The molecule has 2 rings (SSSR count). The van der Waals surface area contributed by atoms with Crippen molar-refractivity contribution in [1.29, 1.82) is 0 Å². The molecule has 0 heterocycles. The van der Waals surface area contributed by atoms with E-state index < -0.39 is 5.54 Å². The number of nitrogens with zero attached hydrogens (tertiary/aromatic N) is 1. The Labute approximate surface area is 116 Å². The molecule has 0 radical (unpaired) electrons. The molecule has 0 spiro atoms. The summed E-state index contributed by atoms with van der Waals surface area (Å²) in [5.74, 6) is 0.872. The highest BCUT2D eigenvalue weighted by Gasteiger charge is 2.38. The molecule has 0 aliphatic heterocycles. The van der Waals surface area contributed by atoms with Crippen molar-refractivity contribution in [2.75, 3.05) is 26.8 Å². The molecule has 2 fully saturated rings. The summed E-state index contributed by atoms with van der Waals surface area (Å²) >= 11 is 0. The predicted octanol–water partition coefficient (Wildman–Crippen LogP) is 1.56. The summed E-state index contributed by atoms with van der Waals surface area (Å²) in [7, 11) is 1.83. The number of ether oxygens (including phenoxy) is 1. The molecule has 0 unspecified atom stereocenters. The van der Waals surface area contributed by atoms with Crippen molar-refractivity contribution in [2.45, 2.75) is 44.1 Å². The molecule has 0 bridgehead atoms. The Morgan fingerprint density at radius 3 is 2.56 bits per heavy atom. The Morgan fingerprint density at radius 1 is 1.39 bits per heavy atom. The minimum atomic E-state index is -0.592. The number of hydrogen-bond acceptors (Lipinski definition) is 3. The van der Waals surface area contributed by atoms with Gasteiger partial charge in [-0.1, -0.05) is 12.8 Å². The second-order valence-electron chi connectivity index (χ2n) is 5.61. The molecule has 2 saturated carbocycles. The number of nitrogens with two attached hydrogens (primary N) is 1. The first-order chi connectivity index (χ1) is 8.12. The normalized spacial score (nSPS) is 21.4. The first kappa shape index (κ1) is 15.7. The maximum atomic E-state index is 12.2. The van der Waals surface area contributed by atoms with Crippen molar-refractivity contribution in [1.82, 2.24) is 4.90 Å². The van der Waals surface area contributed by atoms with Gasteiger partial charge in [-0.3, -0.25) is 4.79 Å². The van der Waals surface area contributed by atoms with E-state index in [0.717, 1.165) is 38.2 Å². The highest BCUT2D eigenvalue weighted by atomic mass is 35.5. The third-order valence-electron chi connectivity index (χ3n) is 3.89. The maximum Gasteiger partial charge on any atom is 0.242 e. The van der Waals surface area contributed by atoms with Gasteiger partial charge in [-0.15, -0.1) is 12.4 Å². The van der Waals surface area contributed by atoms with E-state index in [1.54, 1.807) is 4.90 Å². The average molecular weight is 277 g/mol. The van der Waals surface area contributed by atoms with Crippen LogP contribution in [0.25, 0.3) is 0 Å². The number of rotatable bonds is 6. The molecule has 0 aromatic rings. The third-order valence-corrected chi connectivity index (χ3v) is 3.89. The molecule has 1 amide bonds. The van der Waals surface area contributed by atoms with E-state index >= 15 is 0 Å². The largest absolute Gasteiger partial charge is 0.379 e. The molecule has 106 valence electrons. The number of halogens is 1. The minimum Gasteiger partial charge on any atom is -0.379 e. The van der Waals surface area contributed by atoms with E-state index in [0.29, 0.717) is 13.2 Å². The molecular weight excluding hydrogens is 252 g/mol. The maximum absolute atomic E-state index is 12.2. The molecular formula is C13H25ClN2O2. The van der Waals surface area contributed by atoms with Gasteiger partial charge >= 0.3 is 0 Å². The highest BCUT2D eigenvalue weighted by Crippen LogP contribution is 2.29. The van der Waals surface area contributed by atoms with Gasteiger partial charge in [0.1, 0.15) is 0 Å². The van der Waals surface area contributed by atoms with Crippen LogP contribution in [0.15, 0.2) is 0 Å². The lowest BCUT2D eigenvalue weighted by Crippen LogP contribution is -2.53. The van der Waals surface area contributed by atoms with Gasteiger partial charge in [0.25, 0.3) is 0 Å². The number of amides is 1. The van der Waals surface area contributed by atoms with Crippen LogP contribution in [0.2, 0.25) is 0 Å². The lowest BCUT2D eigenvalue weighted by atomic mass is 9.97. The van der Waals surface area contributed by atoms with Gasteiger partial charge in [0.15, 0.2) is 0 Å². The molecule has 5 heteroatoms. The van der Waals surface area contributed by atoms with Crippen molar-refractivity contribution in [3.05, 3.63) is 0 Å². The Hall–Kier alpha value is -0.320. The number of hydrogen-bond donors (Lipinski definition) is 1. The van der Waals surface area contributed by atoms with Crippen LogP contribution in [0.4, 0.5) is 0 Å². The van der Waals surface area contributed by atoms with Crippen LogP contribution in [0.1, 0.15) is 38.5 Å². The molecule has 2 aliphatic carbocycles. The summed E-state index contributed by atoms with van der Waals surface area (Å²) in [5.41, 5.74) is 5.54. The Morgan fingerprint density at radius 2 is 2.00 bits per heavy atom. The van der Waals surface area contributed by atoms with Crippen molar-refractivity contribution in [3.8, 4) is 0 Å². The minimum absolute atomic E-state index is 0. The quantitative estimate of drug-likeness (QED) is 0.749. The zero-order chi connectivity index (χ0) is 12.3. The van der Waals surface area contributed by atoms with E-state index in [2.05, 4.69) is 0 Å². The first-order valence-electron chi connectivity index (χ1n) is 6.74. The van der Waals surface area contributed by atoms with Crippen LogP contribution < -0.4 is 5.73 Å². The van der Waals surface area contributed by atoms with Crippen molar-refractivity contribution >= 4 is 18.3 Å². The van der Waals surface area contributed by atoms with Crippen LogP contribution >= 0.6 is 12.4 Å². The van der Waals surface area contributed by atoms with Gasteiger partial charge in [0, 0.05) is 20.2 Å². The van der Waals surface area contributed by atoms with Gasteiger partial charge in [-0.2, -0.15) is 0 Å². The smallest absolute Gasteiger partial charge is 0.242 e. The van der Waals surface area contributed by atoms with Crippen LogP contribution in [0.3, 0.4) is 0 Å². The van der Waals surface area contributed by atoms with Gasteiger partial charge < -0.3 is 15.4 Å². The van der Waals surface area contributed by atoms with Crippen LogP contribution in [0.5, 0.6) is 0 Å². The Bertz CT molecular complexity index is 276. The predicted molar refractivity (Wildman–Crippen MR) is 73.8 cm³/mol. The summed E-state index contributed by atoms with van der Waals surface area (Å²) in [5, 5.41) is 0. The van der Waals surface area contributed by atoms with Crippen LogP contribution in [-0.4, -0.2) is 43.2 Å². The zero-order valence-corrected chi connectivity index (χ0v) is 12.0. The summed E-state index contributed by atoms with van der Waals surface area (Å²) < 4.78 is 5.54. The number of carbonyl (C=O) groups is 1. The molecule has 0 aromatic carbocycles. The molecule has 18 heavy (non-hydrogen) atoms. The fourth-order valence-electron chi connectivity index (χ4n) is 2.44. The van der Waals surface area contributed by atoms with Crippen LogP contribution in [-0.2, 0) is 9.53 Å². The summed E-state index contributed by atoms with van der Waals surface area (Å²) in [4.78, 5) is 13.9. The molecule has 4 nitrogen and oxygen atoms in total. The lowest BCUT2D eigenvalue weighted by molar-refractivity contribution is -0.136. The topological polar surface area (TPSA) is 55.6 Å². The second kappa shape index (κ2) is 6.73. The van der Waals surface area contributed by atoms with Crippen LogP contribution in [0, 0.1) is 5.92 Å². The Balaban J connectivity index is 0.00000162. The third kappa shape index (κ3) is 4.11. The summed E-state index contributed by atoms with van der Waals surface area (Å²) in [6.07, 6.45) is 6.43. The SMILES string of the molecule is CN(CCOCC1CC1)C(=O)C1(N)CCCC1.Cl. The fraction of sp³-hybridized carbons (Fsp3) is 0.923. The van der Waals surface area contributed by atoms with Crippen molar-refractivity contribution in [3.63, 3.8) is 0 Å². The summed E-state index contributed by atoms with van der Waals surface area (Å²) in [6.45, 7) is 2.15.